The van der Waals surface area contributed by atoms with Crippen molar-refractivity contribution in [1.82, 2.24) is 0 Å². The molecule has 0 amide bonds. The molecule has 0 radical (unpaired) electrons. The largest absolute Gasteiger partial charge is 0.379 e. The second-order valence-corrected chi connectivity index (χ2v) is 5.81. The van der Waals surface area contributed by atoms with Gasteiger partial charge in [-0.15, -0.1) is 0 Å². The lowest BCUT2D eigenvalue weighted by atomic mass is 10.00. The van der Waals surface area contributed by atoms with Crippen LogP contribution < -0.4 is 5.73 Å². The first-order chi connectivity index (χ1) is 9.65. The molecule has 1 aromatic rings. The highest BCUT2D eigenvalue weighted by atomic mass is 16.5. The fourth-order valence-electron chi connectivity index (χ4n) is 2.44. The van der Waals surface area contributed by atoms with Crippen LogP contribution in [-0.2, 0) is 4.74 Å². The monoisotopic (exact) mass is 277 g/mol. The molecule has 2 heteroatoms. The second-order valence-electron chi connectivity index (χ2n) is 5.81. The van der Waals surface area contributed by atoms with Gasteiger partial charge in [-0.25, -0.2) is 0 Å². The van der Waals surface area contributed by atoms with Gasteiger partial charge in [-0.2, -0.15) is 0 Å². The van der Waals surface area contributed by atoms with Gasteiger partial charge in [0.25, 0.3) is 0 Å². The van der Waals surface area contributed by atoms with Crippen LogP contribution in [0.25, 0.3) is 0 Å². The van der Waals surface area contributed by atoms with Crippen LogP contribution in [0.1, 0.15) is 68.2 Å². The third-order valence-corrected chi connectivity index (χ3v) is 3.77. The minimum absolute atomic E-state index is 0.00464. The lowest BCUT2D eigenvalue weighted by molar-refractivity contribution is 0.117. The van der Waals surface area contributed by atoms with Gasteiger partial charge in [-0.1, -0.05) is 62.8 Å². The van der Waals surface area contributed by atoms with Crippen LogP contribution in [-0.4, -0.2) is 13.2 Å². The molecule has 0 aliphatic rings. The maximum Gasteiger partial charge on any atom is 0.0659 e. The van der Waals surface area contributed by atoms with E-state index in [0.29, 0.717) is 6.61 Å². The van der Waals surface area contributed by atoms with Gasteiger partial charge in [0.2, 0.25) is 0 Å². The number of rotatable bonds is 10. The number of ether oxygens (including phenoxy) is 1. The van der Waals surface area contributed by atoms with Gasteiger partial charge in [-0.3, -0.25) is 0 Å². The Morgan fingerprint density at radius 1 is 1.05 bits per heavy atom. The summed E-state index contributed by atoms with van der Waals surface area (Å²) in [6.45, 7) is 7.93. The molecule has 0 aromatic heterocycles. The van der Waals surface area contributed by atoms with Crippen molar-refractivity contribution in [2.24, 2.45) is 5.73 Å². The van der Waals surface area contributed by atoms with E-state index in [1.165, 1.54) is 48.8 Å². The molecule has 0 bridgehead atoms. The molecule has 1 rings (SSSR count). The van der Waals surface area contributed by atoms with Crippen LogP contribution in [0.15, 0.2) is 18.2 Å². The number of hydrogen-bond donors (Lipinski definition) is 1. The van der Waals surface area contributed by atoms with Crippen molar-refractivity contribution in [2.75, 3.05) is 13.2 Å². The summed E-state index contributed by atoms with van der Waals surface area (Å²) in [4.78, 5) is 0. The standard InChI is InChI=1S/C18H31NO/c1-4-5-6-7-8-9-12-20-14-18(19)17-13-15(2)10-11-16(17)3/h10-11,13,18H,4-9,12,14,19H2,1-3H3. The van der Waals surface area contributed by atoms with Gasteiger partial charge in [0.05, 0.1) is 12.6 Å². The summed E-state index contributed by atoms with van der Waals surface area (Å²) < 4.78 is 5.73. The van der Waals surface area contributed by atoms with E-state index >= 15 is 0 Å². The Balaban J connectivity index is 2.17. The summed E-state index contributed by atoms with van der Waals surface area (Å²) in [7, 11) is 0. The number of benzene rings is 1. The summed E-state index contributed by atoms with van der Waals surface area (Å²) in [5, 5.41) is 0. The number of aryl methyl sites for hydroxylation is 2. The molecule has 0 saturated carbocycles. The maximum atomic E-state index is 6.22. The third-order valence-electron chi connectivity index (χ3n) is 3.77. The minimum atomic E-state index is -0.00464. The van der Waals surface area contributed by atoms with Crippen LogP contribution in [0.4, 0.5) is 0 Å². The Kier molecular flexibility index (Phi) is 8.56. The van der Waals surface area contributed by atoms with Crippen molar-refractivity contribution < 1.29 is 4.74 Å². The van der Waals surface area contributed by atoms with Crippen LogP contribution in [0, 0.1) is 13.8 Å². The molecule has 20 heavy (non-hydrogen) atoms. The summed E-state index contributed by atoms with van der Waals surface area (Å²) >= 11 is 0. The highest BCUT2D eigenvalue weighted by Crippen LogP contribution is 2.17. The zero-order chi connectivity index (χ0) is 14.8. The maximum absolute atomic E-state index is 6.22. The molecule has 0 heterocycles. The third kappa shape index (κ3) is 6.53. The highest BCUT2D eigenvalue weighted by Gasteiger charge is 2.09. The Morgan fingerprint density at radius 3 is 2.50 bits per heavy atom. The predicted octanol–water partition coefficient (Wildman–Crippen LogP) is 4.68. The fraction of sp³-hybridized carbons (Fsp3) is 0.667. The molecule has 0 aliphatic carbocycles. The van der Waals surface area contributed by atoms with Gasteiger partial charge in [0, 0.05) is 6.61 Å². The summed E-state index contributed by atoms with van der Waals surface area (Å²) in [6, 6.07) is 6.43. The first-order valence-corrected chi connectivity index (χ1v) is 8.05. The molecule has 2 N–H and O–H groups in total. The molecule has 1 aromatic carbocycles. The van der Waals surface area contributed by atoms with Crippen molar-refractivity contribution in [3.63, 3.8) is 0 Å². The number of unbranched alkanes of at least 4 members (excludes halogenated alkanes) is 5. The summed E-state index contributed by atoms with van der Waals surface area (Å²) in [6.07, 6.45) is 7.79. The molecule has 1 atom stereocenters. The Hall–Kier alpha value is -0.860. The van der Waals surface area contributed by atoms with Crippen LogP contribution >= 0.6 is 0 Å². The van der Waals surface area contributed by atoms with Gasteiger partial charge in [0.15, 0.2) is 0 Å². The molecule has 0 aliphatic heterocycles. The van der Waals surface area contributed by atoms with E-state index in [9.17, 15) is 0 Å². The molecule has 114 valence electrons. The predicted molar refractivity (Wildman–Crippen MR) is 87.0 cm³/mol. The van der Waals surface area contributed by atoms with Gasteiger partial charge in [-0.05, 0) is 31.4 Å². The van der Waals surface area contributed by atoms with E-state index < -0.39 is 0 Å². The number of hydrogen-bond acceptors (Lipinski definition) is 2. The lowest BCUT2D eigenvalue weighted by Gasteiger charge is -2.16. The molecular weight excluding hydrogens is 246 g/mol. The first kappa shape index (κ1) is 17.2. The SMILES string of the molecule is CCCCCCCCOCC(N)c1cc(C)ccc1C. The normalized spacial score (nSPS) is 12.6. The lowest BCUT2D eigenvalue weighted by Crippen LogP contribution is -2.18. The van der Waals surface area contributed by atoms with Crippen molar-refractivity contribution in [1.29, 1.82) is 0 Å². The first-order valence-electron chi connectivity index (χ1n) is 8.05. The summed E-state index contributed by atoms with van der Waals surface area (Å²) in [5.74, 6) is 0. The Morgan fingerprint density at radius 2 is 1.75 bits per heavy atom. The van der Waals surface area contributed by atoms with Crippen LogP contribution in [0.5, 0.6) is 0 Å². The molecule has 0 fully saturated rings. The number of nitrogens with two attached hydrogens (primary N) is 1. The van der Waals surface area contributed by atoms with E-state index in [-0.39, 0.29) is 6.04 Å². The summed E-state index contributed by atoms with van der Waals surface area (Å²) in [5.41, 5.74) is 9.95. The molecular formula is C18H31NO. The van der Waals surface area contributed by atoms with E-state index in [1.54, 1.807) is 0 Å². The quantitative estimate of drug-likeness (QED) is 0.630. The van der Waals surface area contributed by atoms with Crippen molar-refractivity contribution in [3.05, 3.63) is 34.9 Å². The van der Waals surface area contributed by atoms with Gasteiger partial charge >= 0.3 is 0 Å². The zero-order valence-electron chi connectivity index (χ0n) is 13.5. The van der Waals surface area contributed by atoms with E-state index in [1.807, 2.05) is 0 Å². The second kappa shape index (κ2) is 9.95. The minimum Gasteiger partial charge on any atom is -0.379 e. The van der Waals surface area contributed by atoms with E-state index in [4.69, 9.17) is 10.5 Å². The molecule has 0 saturated heterocycles. The fourth-order valence-corrected chi connectivity index (χ4v) is 2.44. The van der Waals surface area contributed by atoms with Crippen molar-refractivity contribution in [2.45, 2.75) is 65.3 Å². The Bertz CT molecular complexity index is 376. The topological polar surface area (TPSA) is 35.2 Å². The van der Waals surface area contributed by atoms with Crippen LogP contribution in [0.2, 0.25) is 0 Å². The van der Waals surface area contributed by atoms with Gasteiger partial charge < -0.3 is 10.5 Å². The average Bonchev–Trinajstić information content (AvgIpc) is 2.44. The molecule has 1 unspecified atom stereocenters. The van der Waals surface area contributed by atoms with E-state index in [2.05, 4.69) is 39.0 Å². The highest BCUT2D eigenvalue weighted by molar-refractivity contribution is 5.32. The molecule has 0 spiro atoms. The smallest absolute Gasteiger partial charge is 0.0659 e. The van der Waals surface area contributed by atoms with Crippen LogP contribution in [0.3, 0.4) is 0 Å². The van der Waals surface area contributed by atoms with Crippen molar-refractivity contribution in [3.8, 4) is 0 Å². The van der Waals surface area contributed by atoms with Gasteiger partial charge in [0.1, 0.15) is 0 Å². The zero-order valence-corrected chi connectivity index (χ0v) is 13.5. The van der Waals surface area contributed by atoms with Crippen molar-refractivity contribution >= 4 is 0 Å². The average molecular weight is 277 g/mol. The van der Waals surface area contributed by atoms with E-state index in [0.717, 1.165) is 13.0 Å². The Labute approximate surface area is 124 Å². The molecule has 2 nitrogen and oxygen atoms in total.